The van der Waals surface area contributed by atoms with Gasteiger partial charge in [-0.25, -0.2) is 9.69 Å². The molecule has 1 aliphatic rings. The van der Waals surface area contributed by atoms with Gasteiger partial charge in [0.2, 0.25) is 0 Å². The molecule has 1 aliphatic heterocycles. The number of amides is 5. The summed E-state index contributed by atoms with van der Waals surface area (Å²) in [7, 11) is 0. The molecule has 35 heavy (non-hydrogen) atoms. The van der Waals surface area contributed by atoms with Crippen molar-refractivity contribution in [2.75, 3.05) is 16.8 Å². The molecule has 0 aliphatic carbocycles. The van der Waals surface area contributed by atoms with Gasteiger partial charge in [0, 0.05) is 15.7 Å². The largest absolute Gasteiger partial charge is 0.482 e. The third-order valence-electron chi connectivity index (χ3n) is 4.86. The van der Waals surface area contributed by atoms with Crippen LogP contribution in [-0.4, -0.2) is 30.4 Å². The Kier molecular flexibility index (Phi) is 7.42. The molecule has 5 amide bonds. The lowest BCUT2D eigenvalue weighted by atomic mass is 10.1. The Bertz CT molecular complexity index is 1340. The SMILES string of the molecule is O=C(COc1c(Br)cc(Br)cc1/C=C1/C(=O)NC(=O)N(c2ccccc2)C1=O)Nc1ccccc1. The lowest BCUT2D eigenvalue weighted by Gasteiger charge is -2.26. The van der Waals surface area contributed by atoms with Crippen LogP contribution in [0.15, 0.2) is 87.3 Å². The van der Waals surface area contributed by atoms with Gasteiger partial charge in [-0.15, -0.1) is 0 Å². The van der Waals surface area contributed by atoms with Crippen LogP contribution in [0.3, 0.4) is 0 Å². The van der Waals surface area contributed by atoms with Gasteiger partial charge in [0.25, 0.3) is 17.7 Å². The van der Waals surface area contributed by atoms with Crippen molar-refractivity contribution in [1.82, 2.24) is 5.32 Å². The van der Waals surface area contributed by atoms with E-state index < -0.39 is 23.8 Å². The molecule has 1 fully saturated rings. The summed E-state index contributed by atoms with van der Waals surface area (Å²) in [5.41, 5.74) is 1.02. The van der Waals surface area contributed by atoms with Gasteiger partial charge in [0.15, 0.2) is 6.61 Å². The van der Waals surface area contributed by atoms with E-state index in [1.54, 1.807) is 66.7 Å². The molecule has 4 rings (SSSR count). The number of rotatable bonds is 6. The third kappa shape index (κ3) is 5.67. The van der Waals surface area contributed by atoms with E-state index >= 15 is 0 Å². The van der Waals surface area contributed by atoms with Crippen molar-refractivity contribution in [3.8, 4) is 5.75 Å². The van der Waals surface area contributed by atoms with Gasteiger partial charge in [-0.3, -0.25) is 19.7 Å². The van der Waals surface area contributed by atoms with Crippen LogP contribution in [0, 0.1) is 0 Å². The number of imide groups is 2. The Morgan fingerprint density at radius 3 is 2.31 bits per heavy atom. The normalized spacial score (nSPS) is 14.6. The Balaban J connectivity index is 1.63. The van der Waals surface area contributed by atoms with E-state index in [-0.39, 0.29) is 17.9 Å². The van der Waals surface area contributed by atoms with Gasteiger partial charge in [-0.1, -0.05) is 52.3 Å². The van der Waals surface area contributed by atoms with Gasteiger partial charge in [0.1, 0.15) is 11.3 Å². The third-order valence-corrected chi connectivity index (χ3v) is 5.91. The first kappa shape index (κ1) is 24.4. The summed E-state index contributed by atoms with van der Waals surface area (Å²) >= 11 is 6.78. The van der Waals surface area contributed by atoms with E-state index in [9.17, 15) is 19.2 Å². The first-order valence-electron chi connectivity index (χ1n) is 10.3. The lowest BCUT2D eigenvalue weighted by molar-refractivity contribution is -0.122. The van der Waals surface area contributed by atoms with E-state index in [1.807, 2.05) is 6.07 Å². The average molecular weight is 599 g/mol. The predicted molar refractivity (Wildman–Crippen MR) is 138 cm³/mol. The molecule has 176 valence electrons. The van der Waals surface area contributed by atoms with Gasteiger partial charge in [-0.05, 0) is 58.4 Å². The van der Waals surface area contributed by atoms with Crippen molar-refractivity contribution in [3.63, 3.8) is 0 Å². The number of barbiturate groups is 1. The molecule has 0 bridgehead atoms. The highest BCUT2D eigenvalue weighted by molar-refractivity contribution is 9.11. The van der Waals surface area contributed by atoms with Crippen LogP contribution in [0.2, 0.25) is 0 Å². The number of nitrogens with zero attached hydrogens (tertiary/aromatic N) is 1. The zero-order valence-corrected chi connectivity index (χ0v) is 21.1. The lowest BCUT2D eigenvalue weighted by Crippen LogP contribution is -2.54. The van der Waals surface area contributed by atoms with Crippen molar-refractivity contribution < 1.29 is 23.9 Å². The number of benzene rings is 3. The fourth-order valence-corrected chi connectivity index (χ4v) is 4.69. The zero-order chi connectivity index (χ0) is 24.9. The first-order chi connectivity index (χ1) is 16.8. The van der Waals surface area contributed by atoms with Crippen LogP contribution in [0.25, 0.3) is 6.08 Å². The summed E-state index contributed by atoms with van der Waals surface area (Å²) in [5.74, 6) is -1.77. The van der Waals surface area contributed by atoms with Gasteiger partial charge < -0.3 is 10.1 Å². The number of carbonyl (C=O) groups excluding carboxylic acids is 4. The van der Waals surface area contributed by atoms with Crippen molar-refractivity contribution in [3.05, 3.63) is 92.9 Å². The molecule has 8 nitrogen and oxygen atoms in total. The molecular formula is C25H17Br2N3O5. The Morgan fingerprint density at radius 1 is 0.971 bits per heavy atom. The maximum atomic E-state index is 13.1. The smallest absolute Gasteiger partial charge is 0.335 e. The molecule has 0 atom stereocenters. The summed E-state index contributed by atoms with van der Waals surface area (Å²) in [6.07, 6.45) is 1.32. The number of halogens is 2. The highest BCUT2D eigenvalue weighted by Crippen LogP contribution is 2.35. The number of carbonyl (C=O) groups is 4. The average Bonchev–Trinajstić information content (AvgIpc) is 2.82. The first-order valence-corrected chi connectivity index (χ1v) is 11.9. The summed E-state index contributed by atoms with van der Waals surface area (Å²) in [4.78, 5) is 51.3. The molecular weight excluding hydrogens is 582 g/mol. The number of hydrogen-bond donors (Lipinski definition) is 2. The molecule has 3 aromatic rings. The zero-order valence-electron chi connectivity index (χ0n) is 18.0. The van der Waals surface area contributed by atoms with Crippen molar-refractivity contribution in [2.24, 2.45) is 0 Å². The second kappa shape index (κ2) is 10.7. The highest BCUT2D eigenvalue weighted by Gasteiger charge is 2.37. The van der Waals surface area contributed by atoms with Gasteiger partial charge >= 0.3 is 6.03 Å². The van der Waals surface area contributed by atoms with Gasteiger partial charge in [0.05, 0.1) is 10.2 Å². The van der Waals surface area contributed by atoms with E-state index in [2.05, 4.69) is 42.5 Å². The fraction of sp³-hybridized carbons (Fsp3) is 0.0400. The van der Waals surface area contributed by atoms with Crippen LogP contribution >= 0.6 is 31.9 Å². The number of hydrogen-bond acceptors (Lipinski definition) is 5. The Labute approximate surface area is 217 Å². The molecule has 1 saturated heterocycles. The van der Waals surface area contributed by atoms with Crippen LogP contribution in [-0.2, 0) is 14.4 Å². The molecule has 0 aromatic heterocycles. The minimum absolute atomic E-state index is 0.243. The Hall–Kier alpha value is -3.76. The minimum atomic E-state index is -0.840. The van der Waals surface area contributed by atoms with Crippen molar-refractivity contribution >= 4 is 73.1 Å². The number of nitrogens with one attached hydrogen (secondary N) is 2. The number of para-hydroxylation sites is 2. The van der Waals surface area contributed by atoms with Crippen LogP contribution in [0.1, 0.15) is 5.56 Å². The highest BCUT2D eigenvalue weighted by atomic mass is 79.9. The van der Waals surface area contributed by atoms with Gasteiger partial charge in [-0.2, -0.15) is 0 Å². The quantitative estimate of drug-likeness (QED) is 0.310. The second-order valence-corrected chi connectivity index (χ2v) is 9.07. The number of urea groups is 1. The Morgan fingerprint density at radius 2 is 1.63 bits per heavy atom. The molecule has 10 heteroatoms. The molecule has 3 aromatic carbocycles. The van der Waals surface area contributed by atoms with Crippen molar-refractivity contribution in [1.29, 1.82) is 0 Å². The maximum absolute atomic E-state index is 13.1. The molecule has 0 unspecified atom stereocenters. The molecule has 0 saturated carbocycles. The summed E-state index contributed by atoms with van der Waals surface area (Å²) in [6, 6.07) is 19.7. The molecule has 2 N–H and O–H groups in total. The number of anilines is 2. The molecule has 1 heterocycles. The maximum Gasteiger partial charge on any atom is 0.335 e. The summed E-state index contributed by atoms with van der Waals surface area (Å²) in [5, 5.41) is 4.91. The van der Waals surface area contributed by atoms with Crippen molar-refractivity contribution in [2.45, 2.75) is 0 Å². The monoisotopic (exact) mass is 597 g/mol. The van der Waals surface area contributed by atoms with Crippen LogP contribution < -0.4 is 20.3 Å². The van der Waals surface area contributed by atoms with Crippen LogP contribution in [0.5, 0.6) is 5.75 Å². The summed E-state index contributed by atoms with van der Waals surface area (Å²) < 4.78 is 6.88. The standard InChI is InChI=1S/C25H17Br2N3O5/c26-16-11-15(22(20(27)13-16)35-14-21(31)28-17-7-3-1-4-8-17)12-19-23(32)29-25(34)30(24(19)33)18-9-5-2-6-10-18/h1-13H,14H2,(H,28,31)(H,29,32,34)/b19-12-. The fourth-order valence-electron chi connectivity index (χ4n) is 3.32. The topological polar surface area (TPSA) is 105 Å². The number of ether oxygens (including phenoxy) is 1. The summed E-state index contributed by atoms with van der Waals surface area (Å²) in [6.45, 7) is -0.319. The molecule has 0 radical (unpaired) electrons. The van der Waals surface area contributed by atoms with E-state index in [0.29, 0.717) is 25.9 Å². The van der Waals surface area contributed by atoms with E-state index in [0.717, 1.165) is 4.90 Å². The van der Waals surface area contributed by atoms with E-state index in [4.69, 9.17) is 4.74 Å². The molecule has 0 spiro atoms. The van der Waals surface area contributed by atoms with Crippen LogP contribution in [0.4, 0.5) is 16.2 Å². The predicted octanol–water partition coefficient (Wildman–Crippen LogP) is 4.90. The minimum Gasteiger partial charge on any atom is -0.482 e. The second-order valence-electron chi connectivity index (χ2n) is 7.30. The van der Waals surface area contributed by atoms with E-state index in [1.165, 1.54) is 6.08 Å².